The van der Waals surface area contributed by atoms with Crippen LogP contribution in [-0.2, 0) is 9.47 Å². The number of nitrogens with zero attached hydrogens (tertiary/aromatic N) is 6. The lowest BCUT2D eigenvalue weighted by Gasteiger charge is -2.41. The Balaban J connectivity index is 1.86. The molecule has 1 aliphatic heterocycles. The molecule has 1 aliphatic carbocycles. The zero-order valence-electron chi connectivity index (χ0n) is 19.2. The number of halogens is 3. The van der Waals surface area contributed by atoms with E-state index < -0.39 is 12.1 Å². The minimum absolute atomic E-state index is 0.0519. The van der Waals surface area contributed by atoms with Gasteiger partial charge in [-0.2, -0.15) is 14.9 Å². The topological polar surface area (TPSA) is 88.0 Å². The third kappa shape index (κ3) is 4.89. The molecule has 0 spiro atoms. The molecule has 4 rings (SSSR count). The summed E-state index contributed by atoms with van der Waals surface area (Å²) in [7, 11) is 1.60. The van der Waals surface area contributed by atoms with Gasteiger partial charge < -0.3 is 14.4 Å². The van der Waals surface area contributed by atoms with Gasteiger partial charge in [0, 0.05) is 42.6 Å². The molecule has 1 fully saturated rings. The van der Waals surface area contributed by atoms with Gasteiger partial charge in [0.05, 0.1) is 30.7 Å². The monoisotopic (exact) mass is 500 g/mol. The van der Waals surface area contributed by atoms with E-state index in [-0.39, 0.29) is 17.3 Å². The van der Waals surface area contributed by atoms with Crippen LogP contribution < -0.4 is 4.90 Å². The van der Waals surface area contributed by atoms with E-state index in [9.17, 15) is 14.0 Å². The van der Waals surface area contributed by atoms with Crippen LogP contribution in [0.15, 0.2) is 46.6 Å². The van der Waals surface area contributed by atoms with Crippen molar-refractivity contribution in [2.24, 2.45) is 4.99 Å². The Hall–Kier alpha value is -3.39. The first-order chi connectivity index (χ1) is 16.9. The highest BCUT2D eigenvalue weighted by molar-refractivity contribution is 6.35. The number of aryl methyl sites for hydroxylation is 1. The molecule has 3 heterocycles. The normalized spacial score (nSPS) is 18.4. The summed E-state index contributed by atoms with van der Waals surface area (Å²) in [5.41, 5.74) is 1.78. The number of nitriles is 1. The molecule has 2 aliphatic rings. The van der Waals surface area contributed by atoms with Crippen LogP contribution >= 0.6 is 11.6 Å². The minimum atomic E-state index is -2.91. The number of hydrogen-bond acceptors (Lipinski definition) is 7. The smallest absolute Gasteiger partial charge is 0.283 e. The lowest BCUT2D eigenvalue weighted by Crippen LogP contribution is -2.53. The highest BCUT2D eigenvalue weighted by Gasteiger charge is 2.34. The number of aromatic nitrogens is 3. The summed E-state index contributed by atoms with van der Waals surface area (Å²) in [6, 6.07) is 1.84. The predicted molar refractivity (Wildman–Crippen MR) is 130 cm³/mol. The largest absolute Gasteiger partial charge is 0.382 e. The van der Waals surface area contributed by atoms with Gasteiger partial charge in [-0.15, -0.1) is 0 Å². The molecule has 0 aromatic carbocycles. The van der Waals surface area contributed by atoms with Gasteiger partial charge >= 0.3 is 0 Å². The van der Waals surface area contributed by atoms with Crippen LogP contribution in [0, 0.1) is 18.3 Å². The maximum absolute atomic E-state index is 13.7. The zero-order chi connectivity index (χ0) is 25.1. The van der Waals surface area contributed by atoms with E-state index in [0.29, 0.717) is 54.1 Å². The van der Waals surface area contributed by atoms with Gasteiger partial charge in [-0.25, -0.2) is 13.8 Å². The van der Waals surface area contributed by atoms with E-state index in [1.54, 1.807) is 32.3 Å². The minimum Gasteiger partial charge on any atom is -0.382 e. The number of ether oxygens (including phenoxy) is 2. The first-order valence-corrected chi connectivity index (χ1v) is 11.2. The number of hydrogen-bond donors (Lipinski definition) is 0. The first-order valence-electron chi connectivity index (χ1n) is 10.8. The van der Waals surface area contributed by atoms with Gasteiger partial charge in [-0.1, -0.05) is 24.3 Å². The van der Waals surface area contributed by atoms with Crippen molar-refractivity contribution >= 4 is 34.9 Å². The van der Waals surface area contributed by atoms with E-state index in [2.05, 4.69) is 21.7 Å². The van der Waals surface area contributed by atoms with Crippen LogP contribution in [-0.4, -0.2) is 59.8 Å². The van der Waals surface area contributed by atoms with Gasteiger partial charge in [-0.3, -0.25) is 4.99 Å². The van der Waals surface area contributed by atoms with E-state index in [0.717, 1.165) is 5.57 Å². The summed E-state index contributed by atoms with van der Waals surface area (Å²) < 4.78 is 39.5. The second-order valence-corrected chi connectivity index (χ2v) is 8.33. The van der Waals surface area contributed by atoms with E-state index in [1.807, 2.05) is 17.0 Å². The lowest BCUT2D eigenvalue weighted by molar-refractivity contribution is 0.00361. The summed E-state index contributed by atoms with van der Waals surface area (Å²) in [5.74, 6) is 0.544. The summed E-state index contributed by atoms with van der Waals surface area (Å²) in [4.78, 5) is 10.7. The molecule has 2 aromatic heterocycles. The summed E-state index contributed by atoms with van der Waals surface area (Å²) in [6.45, 7) is 7.37. The predicted octanol–water partition coefficient (Wildman–Crippen LogP) is 4.36. The molecule has 182 valence electrons. The Bertz CT molecular complexity index is 1320. The lowest BCUT2D eigenvalue weighted by atomic mass is 10.0. The van der Waals surface area contributed by atoms with Crippen molar-refractivity contribution in [2.45, 2.75) is 19.5 Å². The van der Waals surface area contributed by atoms with Crippen molar-refractivity contribution in [1.82, 2.24) is 14.6 Å². The van der Waals surface area contributed by atoms with Crippen molar-refractivity contribution in [2.75, 3.05) is 38.3 Å². The Morgan fingerprint density at radius 2 is 2.14 bits per heavy atom. The van der Waals surface area contributed by atoms with Crippen molar-refractivity contribution in [1.29, 1.82) is 5.26 Å². The summed E-state index contributed by atoms with van der Waals surface area (Å²) in [5, 5.41) is 14.2. The molecule has 2 aromatic rings. The van der Waals surface area contributed by atoms with Gasteiger partial charge in [0.1, 0.15) is 23.1 Å². The van der Waals surface area contributed by atoms with Gasteiger partial charge in [0.25, 0.3) is 6.43 Å². The summed E-state index contributed by atoms with van der Waals surface area (Å²) >= 11 is 6.14. The van der Waals surface area contributed by atoms with Crippen molar-refractivity contribution < 1.29 is 18.3 Å². The van der Waals surface area contributed by atoms with Gasteiger partial charge in [0.15, 0.2) is 5.65 Å². The van der Waals surface area contributed by atoms with E-state index in [4.69, 9.17) is 21.1 Å². The number of methoxy groups -OCH3 is 1. The zero-order valence-corrected chi connectivity index (χ0v) is 20.0. The van der Waals surface area contributed by atoms with Crippen LogP contribution in [0.3, 0.4) is 0 Å². The third-order valence-corrected chi connectivity index (χ3v) is 5.86. The maximum atomic E-state index is 13.7. The molecule has 1 saturated heterocycles. The van der Waals surface area contributed by atoms with Crippen LogP contribution in [0.25, 0.3) is 11.7 Å². The number of allylic oxidation sites excluding steroid dienone is 5. The Labute approximate surface area is 206 Å². The van der Waals surface area contributed by atoms with Gasteiger partial charge in [0.2, 0.25) is 0 Å². The molecule has 0 amide bonds. The molecule has 0 N–H and O–H groups in total. The molecule has 8 nitrogen and oxygen atoms in total. The quantitative estimate of drug-likeness (QED) is 0.500. The number of fused-ring (bicyclic) bond motifs is 1. The number of aliphatic imine (C=N–C) groups is 1. The molecule has 35 heavy (non-hydrogen) atoms. The van der Waals surface area contributed by atoms with Crippen LogP contribution in [0.4, 0.5) is 14.6 Å². The second kappa shape index (κ2) is 10.5. The molecular weight excluding hydrogens is 478 g/mol. The molecule has 0 saturated carbocycles. The number of anilines is 1. The molecule has 0 radical (unpaired) electrons. The van der Waals surface area contributed by atoms with Crippen molar-refractivity contribution in [3.8, 4) is 6.07 Å². The second-order valence-electron chi connectivity index (χ2n) is 7.89. The summed E-state index contributed by atoms with van der Waals surface area (Å²) in [6.07, 6.45) is 5.54. The highest BCUT2D eigenvalue weighted by atomic mass is 35.5. The Kier molecular flexibility index (Phi) is 7.40. The molecule has 0 unspecified atom stereocenters. The average Bonchev–Trinajstić information content (AvgIpc) is 3.16. The van der Waals surface area contributed by atoms with Crippen LogP contribution in [0.1, 0.15) is 28.9 Å². The fourth-order valence-corrected chi connectivity index (χ4v) is 4.09. The molecule has 11 heteroatoms. The Morgan fingerprint density at radius 1 is 1.37 bits per heavy atom. The van der Waals surface area contributed by atoms with Gasteiger partial charge in [-0.05, 0) is 25.2 Å². The fourth-order valence-electron chi connectivity index (χ4n) is 3.92. The van der Waals surface area contributed by atoms with Crippen molar-refractivity contribution in [3.63, 3.8) is 0 Å². The SMILES string of the molecule is C=CN=C1C=C(Cl)C=C/C1=C\c1c(C)nc2c(C#N)c(C(F)F)nn2c1N1CC(OCCOC)C1. The standard InChI is InChI=1S/C24H23ClF2N6O2/c1-4-29-20-10-16(25)6-5-15(20)9-18-14(2)30-23-19(11-28)21(22(26)27)31-33(23)24(18)32-12-17(13-32)35-8-7-34-3/h4-6,9-10,17,22H,1,7-8,12-13H2,2-3H3/b15-9+,29-20?. The van der Waals surface area contributed by atoms with Crippen LogP contribution in [0.5, 0.6) is 0 Å². The fraction of sp³-hybridized carbons (Fsp3) is 0.333. The molecular formula is C24H23ClF2N6O2. The number of rotatable bonds is 8. The first kappa shape index (κ1) is 24.7. The molecule has 0 atom stereocenters. The maximum Gasteiger partial charge on any atom is 0.283 e. The van der Waals surface area contributed by atoms with E-state index >= 15 is 0 Å². The van der Waals surface area contributed by atoms with Crippen LogP contribution in [0.2, 0.25) is 0 Å². The number of alkyl halides is 2. The van der Waals surface area contributed by atoms with E-state index in [1.165, 1.54) is 10.7 Å². The Morgan fingerprint density at radius 3 is 2.80 bits per heavy atom. The average molecular weight is 501 g/mol. The molecule has 0 bridgehead atoms. The third-order valence-electron chi connectivity index (χ3n) is 5.62. The van der Waals surface area contributed by atoms with Crippen molar-refractivity contribution in [3.05, 3.63) is 64.1 Å². The highest BCUT2D eigenvalue weighted by Crippen LogP contribution is 2.34.